The molecule has 0 aromatic carbocycles. The van der Waals surface area contributed by atoms with Gasteiger partial charge in [-0.2, -0.15) is 5.10 Å². The van der Waals surface area contributed by atoms with Crippen molar-refractivity contribution in [3.8, 4) is 0 Å². The van der Waals surface area contributed by atoms with Gasteiger partial charge in [0.25, 0.3) is 0 Å². The van der Waals surface area contributed by atoms with Gasteiger partial charge in [-0.1, -0.05) is 0 Å². The summed E-state index contributed by atoms with van der Waals surface area (Å²) < 4.78 is 9.94. The molecule has 0 unspecified atom stereocenters. The van der Waals surface area contributed by atoms with Crippen LogP contribution in [0.2, 0.25) is 0 Å². The number of aryl methyl sites for hydroxylation is 1. The van der Waals surface area contributed by atoms with Gasteiger partial charge in [-0.3, -0.25) is 5.43 Å². The third kappa shape index (κ3) is 5.12. The Morgan fingerprint density at radius 3 is 2.82 bits per heavy atom. The minimum Gasteiger partial charge on any atom is -0.462 e. The topological polar surface area (TPSA) is 87.7 Å². The lowest BCUT2D eigenvalue weighted by atomic mass is 10.1. The number of H-pyrrole nitrogens is 1. The van der Waals surface area contributed by atoms with Gasteiger partial charge in [-0.05, 0) is 38.6 Å². The molecule has 0 spiro atoms. The van der Waals surface area contributed by atoms with E-state index in [1.165, 1.54) is 0 Å². The Morgan fingerprint density at radius 2 is 2.18 bits per heavy atom. The number of nitrogens with zero attached hydrogens (tertiary/aromatic N) is 1. The van der Waals surface area contributed by atoms with Crippen LogP contribution in [-0.4, -0.2) is 49.1 Å². The molecule has 122 valence electrons. The van der Waals surface area contributed by atoms with E-state index in [1.807, 2.05) is 13.8 Å². The molecule has 0 atom stereocenters. The van der Waals surface area contributed by atoms with Crippen molar-refractivity contribution in [2.75, 3.05) is 26.9 Å². The number of hydrogen-bond donors (Lipinski definition) is 3. The molecule has 0 bridgehead atoms. The Kier molecular flexibility index (Phi) is 7.55. The van der Waals surface area contributed by atoms with Crippen molar-refractivity contribution < 1.29 is 14.3 Å². The van der Waals surface area contributed by atoms with Crippen molar-refractivity contribution in [3.63, 3.8) is 0 Å². The monoisotopic (exact) mass is 326 g/mol. The standard InChI is InChI=1S/C14H22N4O3S/c1-5-21-13(19)12-9(2)11(17-10(12)3)8-16-18-14(22)15-6-7-20-4/h8,17H,5-7H2,1-4H3,(H2,15,18,22)/b16-8+. The van der Waals surface area contributed by atoms with E-state index in [-0.39, 0.29) is 5.97 Å². The first kappa shape index (κ1) is 18.1. The van der Waals surface area contributed by atoms with Crippen LogP contribution >= 0.6 is 12.2 Å². The maximum absolute atomic E-state index is 11.9. The van der Waals surface area contributed by atoms with Crippen LogP contribution < -0.4 is 10.7 Å². The largest absolute Gasteiger partial charge is 0.462 e. The maximum atomic E-state index is 11.9. The number of hydrazone groups is 1. The molecule has 0 saturated heterocycles. The SMILES string of the molecule is CCOC(=O)c1c(C)[nH]c(/C=N/NC(=S)NCCOC)c1C. The molecule has 1 aromatic heterocycles. The molecule has 0 aliphatic carbocycles. The molecule has 0 saturated carbocycles. The molecule has 22 heavy (non-hydrogen) atoms. The van der Waals surface area contributed by atoms with E-state index < -0.39 is 0 Å². The van der Waals surface area contributed by atoms with Crippen molar-refractivity contribution >= 4 is 29.5 Å². The highest BCUT2D eigenvalue weighted by Crippen LogP contribution is 2.17. The summed E-state index contributed by atoms with van der Waals surface area (Å²) in [4.78, 5) is 15.0. The number of ether oxygens (including phenoxy) is 2. The first-order valence-electron chi connectivity index (χ1n) is 6.93. The Morgan fingerprint density at radius 1 is 1.45 bits per heavy atom. The fraction of sp³-hybridized carbons (Fsp3) is 0.500. The summed E-state index contributed by atoms with van der Waals surface area (Å²) in [6.45, 7) is 6.94. The number of methoxy groups -OCH3 is 1. The third-order valence-corrected chi connectivity index (χ3v) is 3.14. The number of thiocarbonyl (C=S) groups is 1. The third-order valence-electron chi connectivity index (χ3n) is 2.91. The van der Waals surface area contributed by atoms with Crippen LogP contribution in [0.25, 0.3) is 0 Å². The molecule has 0 amide bonds. The molecule has 1 rings (SSSR count). The van der Waals surface area contributed by atoms with Crippen LogP contribution in [0.5, 0.6) is 0 Å². The second kappa shape index (κ2) is 9.16. The minimum atomic E-state index is -0.335. The van der Waals surface area contributed by atoms with E-state index >= 15 is 0 Å². The molecule has 1 aromatic rings. The van der Waals surface area contributed by atoms with E-state index in [2.05, 4.69) is 20.8 Å². The molecular formula is C14H22N4O3S. The number of hydrogen-bond acceptors (Lipinski definition) is 5. The van der Waals surface area contributed by atoms with Crippen molar-refractivity contribution in [2.45, 2.75) is 20.8 Å². The van der Waals surface area contributed by atoms with Crippen molar-refractivity contribution in [2.24, 2.45) is 5.10 Å². The zero-order valence-electron chi connectivity index (χ0n) is 13.3. The predicted octanol–water partition coefficient (Wildman–Crippen LogP) is 1.25. The van der Waals surface area contributed by atoms with Crippen LogP contribution in [0.1, 0.15) is 34.2 Å². The van der Waals surface area contributed by atoms with Gasteiger partial charge in [0.1, 0.15) is 0 Å². The normalized spacial score (nSPS) is 10.7. The van der Waals surface area contributed by atoms with Crippen molar-refractivity contribution in [1.82, 2.24) is 15.7 Å². The average Bonchev–Trinajstić information content (AvgIpc) is 2.74. The molecule has 3 N–H and O–H groups in total. The molecule has 1 heterocycles. The number of carbonyl (C=O) groups is 1. The van der Waals surface area contributed by atoms with Gasteiger partial charge in [-0.15, -0.1) is 0 Å². The van der Waals surface area contributed by atoms with Crippen LogP contribution in [0.4, 0.5) is 0 Å². The van der Waals surface area contributed by atoms with Crippen LogP contribution in [0.15, 0.2) is 5.10 Å². The van der Waals surface area contributed by atoms with Crippen LogP contribution in [0.3, 0.4) is 0 Å². The number of aromatic amines is 1. The van der Waals surface area contributed by atoms with Gasteiger partial charge in [-0.25, -0.2) is 4.79 Å². The molecular weight excluding hydrogens is 304 g/mol. The highest BCUT2D eigenvalue weighted by molar-refractivity contribution is 7.80. The van der Waals surface area contributed by atoms with Gasteiger partial charge in [0, 0.05) is 19.3 Å². The molecule has 8 heteroatoms. The smallest absolute Gasteiger partial charge is 0.340 e. The molecule has 0 fully saturated rings. The van der Waals surface area contributed by atoms with Gasteiger partial charge in [0.15, 0.2) is 5.11 Å². The van der Waals surface area contributed by atoms with E-state index in [4.69, 9.17) is 21.7 Å². The van der Waals surface area contributed by atoms with E-state index in [0.717, 1.165) is 17.0 Å². The number of aromatic nitrogens is 1. The first-order valence-corrected chi connectivity index (χ1v) is 7.34. The summed E-state index contributed by atoms with van der Waals surface area (Å²) in [6.07, 6.45) is 1.58. The predicted molar refractivity (Wildman–Crippen MR) is 89.4 cm³/mol. The quantitative estimate of drug-likeness (QED) is 0.230. The minimum absolute atomic E-state index is 0.335. The Labute approximate surface area is 135 Å². The lowest BCUT2D eigenvalue weighted by Crippen LogP contribution is -2.34. The number of carbonyl (C=O) groups excluding carboxylic acids is 1. The van der Waals surface area contributed by atoms with Gasteiger partial charge in [0.2, 0.25) is 0 Å². The molecule has 0 aliphatic rings. The zero-order valence-corrected chi connectivity index (χ0v) is 14.1. The summed E-state index contributed by atoms with van der Waals surface area (Å²) in [5, 5.41) is 7.37. The van der Waals surface area contributed by atoms with Crippen molar-refractivity contribution in [3.05, 3.63) is 22.5 Å². The second-order valence-corrected chi connectivity index (χ2v) is 4.91. The number of esters is 1. The summed E-state index contributed by atoms with van der Waals surface area (Å²) >= 11 is 5.05. The summed E-state index contributed by atoms with van der Waals surface area (Å²) in [6, 6.07) is 0. The number of rotatable bonds is 7. The van der Waals surface area contributed by atoms with E-state index in [9.17, 15) is 4.79 Å². The summed E-state index contributed by atoms with van der Waals surface area (Å²) in [5.41, 5.74) is 5.51. The highest BCUT2D eigenvalue weighted by Gasteiger charge is 2.18. The Hall–Kier alpha value is -1.93. The van der Waals surface area contributed by atoms with Gasteiger partial charge >= 0.3 is 5.97 Å². The van der Waals surface area contributed by atoms with Crippen LogP contribution in [0, 0.1) is 13.8 Å². The van der Waals surface area contributed by atoms with Gasteiger partial charge < -0.3 is 19.8 Å². The Bertz CT molecular complexity index is 555. The average molecular weight is 326 g/mol. The molecule has 0 radical (unpaired) electrons. The lowest BCUT2D eigenvalue weighted by Gasteiger charge is -2.05. The Balaban J connectivity index is 2.66. The maximum Gasteiger partial charge on any atom is 0.340 e. The van der Waals surface area contributed by atoms with Gasteiger partial charge in [0.05, 0.1) is 30.7 Å². The van der Waals surface area contributed by atoms with Crippen molar-refractivity contribution in [1.29, 1.82) is 0 Å². The van der Waals surface area contributed by atoms with E-state index in [1.54, 1.807) is 20.2 Å². The fourth-order valence-corrected chi connectivity index (χ4v) is 2.03. The second-order valence-electron chi connectivity index (χ2n) is 4.50. The fourth-order valence-electron chi connectivity index (χ4n) is 1.87. The summed E-state index contributed by atoms with van der Waals surface area (Å²) in [7, 11) is 1.62. The lowest BCUT2D eigenvalue weighted by molar-refractivity contribution is 0.0525. The molecule has 7 nitrogen and oxygen atoms in total. The molecule has 0 aliphatic heterocycles. The number of nitrogens with one attached hydrogen (secondary N) is 3. The zero-order chi connectivity index (χ0) is 16.5. The van der Waals surface area contributed by atoms with E-state index in [0.29, 0.717) is 30.4 Å². The first-order chi connectivity index (χ1) is 10.5. The summed E-state index contributed by atoms with van der Waals surface area (Å²) in [5.74, 6) is -0.335. The highest BCUT2D eigenvalue weighted by atomic mass is 32.1. The van der Waals surface area contributed by atoms with Crippen LogP contribution in [-0.2, 0) is 9.47 Å².